The third-order valence-corrected chi connectivity index (χ3v) is 4.42. The highest BCUT2D eigenvalue weighted by Gasteiger charge is 2.22. The molecular weight excluding hydrogens is 393 g/mol. The van der Waals surface area contributed by atoms with Crippen molar-refractivity contribution in [1.82, 2.24) is 9.55 Å². The fourth-order valence-electron chi connectivity index (χ4n) is 2.89. The summed E-state index contributed by atoms with van der Waals surface area (Å²) in [7, 11) is 0. The van der Waals surface area contributed by atoms with Gasteiger partial charge in [0.05, 0.1) is 12.5 Å². The van der Waals surface area contributed by atoms with E-state index >= 15 is 0 Å². The molecular formula is C21H18FN3O5. The number of rotatable bonds is 5. The summed E-state index contributed by atoms with van der Waals surface area (Å²) >= 11 is 0. The van der Waals surface area contributed by atoms with E-state index in [1.54, 1.807) is 18.2 Å². The van der Waals surface area contributed by atoms with E-state index in [2.05, 4.69) is 10.3 Å². The lowest BCUT2D eigenvalue weighted by molar-refractivity contribution is -0.123. The molecule has 0 fully saturated rings. The molecule has 2 heterocycles. The Balaban J connectivity index is 1.42. The highest BCUT2D eigenvalue weighted by Crippen LogP contribution is 2.32. The van der Waals surface area contributed by atoms with E-state index in [-0.39, 0.29) is 5.69 Å². The average molecular weight is 411 g/mol. The van der Waals surface area contributed by atoms with Crippen LogP contribution in [0.3, 0.4) is 0 Å². The van der Waals surface area contributed by atoms with Crippen molar-refractivity contribution in [3.8, 4) is 17.2 Å². The monoisotopic (exact) mass is 411 g/mol. The third-order valence-electron chi connectivity index (χ3n) is 4.42. The van der Waals surface area contributed by atoms with Gasteiger partial charge in [-0.15, -0.1) is 0 Å². The van der Waals surface area contributed by atoms with Crippen molar-refractivity contribution in [2.75, 3.05) is 18.5 Å². The van der Waals surface area contributed by atoms with Crippen LogP contribution in [0, 0.1) is 5.82 Å². The minimum Gasteiger partial charge on any atom is -0.486 e. The van der Waals surface area contributed by atoms with Gasteiger partial charge < -0.3 is 19.5 Å². The Morgan fingerprint density at radius 1 is 1.13 bits per heavy atom. The van der Waals surface area contributed by atoms with Gasteiger partial charge in [-0.2, -0.15) is 0 Å². The quantitative estimate of drug-likeness (QED) is 0.649. The number of carbonyl (C=O) groups is 2. The van der Waals surface area contributed by atoms with E-state index < -0.39 is 23.8 Å². The summed E-state index contributed by atoms with van der Waals surface area (Å²) in [6.45, 7) is 2.37. The second-order valence-corrected chi connectivity index (χ2v) is 6.52. The fourth-order valence-corrected chi connectivity index (χ4v) is 2.89. The number of imidazole rings is 1. The predicted octanol–water partition coefficient (Wildman–Crippen LogP) is 2.97. The zero-order chi connectivity index (χ0) is 21.1. The molecule has 1 aromatic heterocycles. The van der Waals surface area contributed by atoms with E-state index in [1.807, 2.05) is 0 Å². The second-order valence-electron chi connectivity index (χ2n) is 6.52. The van der Waals surface area contributed by atoms with Crippen LogP contribution in [0.15, 0.2) is 55.0 Å². The Labute approximate surface area is 171 Å². The standard InChI is InChI=1S/C21H18FN3O5/c1-13(20(26)24-15-4-7-18-19(10-15)29-9-8-28-18)30-21(27)17-11-23-12-25(17)16-5-2-14(22)3-6-16/h2-7,10-13H,8-9H2,1H3,(H,24,26)/t13-/m1/s1. The number of nitrogens with zero attached hydrogens (tertiary/aromatic N) is 2. The van der Waals surface area contributed by atoms with Crippen molar-refractivity contribution in [3.05, 3.63) is 66.5 Å². The molecule has 8 nitrogen and oxygen atoms in total. The summed E-state index contributed by atoms with van der Waals surface area (Å²) in [6, 6.07) is 10.6. The zero-order valence-corrected chi connectivity index (χ0v) is 16.0. The normalized spacial score (nSPS) is 13.4. The molecule has 1 N–H and O–H groups in total. The minimum atomic E-state index is -1.07. The molecule has 0 radical (unpaired) electrons. The maximum Gasteiger partial charge on any atom is 0.357 e. The third kappa shape index (κ3) is 4.09. The van der Waals surface area contributed by atoms with Crippen molar-refractivity contribution >= 4 is 17.6 Å². The summed E-state index contributed by atoms with van der Waals surface area (Å²) in [5.74, 6) is -0.498. The van der Waals surface area contributed by atoms with E-state index in [0.29, 0.717) is 36.1 Å². The lowest BCUT2D eigenvalue weighted by Crippen LogP contribution is -2.30. The summed E-state index contributed by atoms with van der Waals surface area (Å²) in [5, 5.41) is 2.68. The Hall–Kier alpha value is -3.88. The molecule has 0 bridgehead atoms. The number of hydrogen-bond acceptors (Lipinski definition) is 6. The number of ether oxygens (including phenoxy) is 3. The smallest absolute Gasteiger partial charge is 0.357 e. The molecule has 2 aromatic carbocycles. The fraction of sp³-hybridized carbons (Fsp3) is 0.190. The first-order valence-corrected chi connectivity index (χ1v) is 9.21. The lowest BCUT2D eigenvalue weighted by Gasteiger charge is -2.19. The van der Waals surface area contributed by atoms with Gasteiger partial charge in [-0.3, -0.25) is 9.36 Å². The van der Waals surface area contributed by atoms with Gasteiger partial charge in [0, 0.05) is 17.4 Å². The first-order chi connectivity index (χ1) is 14.5. The van der Waals surface area contributed by atoms with E-state index in [4.69, 9.17) is 14.2 Å². The number of nitrogens with one attached hydrogen (secondary N) is 1. The van der Waals surface area contributed by atoms with E-state index in [0.717, 1.165) is 0 Å². The molecule has 4 rings (SSSR count). The number of aromatic nitrogens is 2. The maximum atomic E-state index is 13.1. The molecule has 0 saturated carbocycles. The molecule has 0 saturated heterocycles. The number of anilines is 1. The summed E-state index contributed by atoms with van der Waals surface area (Å²) in [6.07, 6.45) is 1.66. The van der Waals surface area contributed by atoms with Crippen molar-refractivity contribution < 1.29 is 28.2 Å². The van der Waals surface area contributed by atoms with Crippen molar-refractivity contribution in [3.63, 3.8) is 0 Å². The van der Waals surface area contributed by atoms with E-state index in [1.165, 1.54) is 48.3 Å². The Morgan fingerprint density at radius 3 is 2.63 bits per heavy atom. The Bertz CT molecular complexity index is 1080. The van der Waals surface area contributed by atoms with Crippen LogP contribution < -0.4 is 14.8 Å². The molecule has 1 aliphatic rings. The largest absolute Gasteiger partial charge is 0.486 e. The van der Waals surface area contributed by atoms with Gasteiger partial charge in [0.15, 0.2) is 23.3 Å². The van der Waals surface area contributed by atoms with Crippen LogP contribution in [0.4, 0.5) is 10.1 Å². The molecule has 0 spiro atoms. The first-order valence-electron chi connectivity index (χ1n) is 9.21. The van der Waals surface area contributed by atoms with Crippen molar-refractivity contribution in [1.29, 1.82) is 0 Å². The molecule has 0 unspecified atom stereocenters. The average Bonchev–Trinajstić information content (AvgIpc) is 3.24. The number of carbonyl (C=O) groups excluding carboxylic acids is 2. The highest BCUT2D eigenvalue weighted by atomic mass is 19.1. The molecule has 30 heavy (non-hydrogen) atoms. The Kier molecular flexibility index (Phi) is 5.34. The van der Waals surface area contributed by atoms with Crippen LogP contribution in [0.1, 0.15) is 17.4 Å². The maximum absolute atomic E-state index is 13.1. The number of hydrogen-bond donors (Lipinski definition) is 1. The summed E-state index contributed by atoms with van der Waals surface area (Å²) < 4.78 is 30.8. The van der Waals surface area contributed by atoms with Crippen molar-refractivity contribution in [2.45, 2.75) is 13.0 Å². The number of esters is 1. The SMILES string of the molecule is C[C@@H](OC(=O)c1cncn1-c1ccc(F)cc1)C(=O)Nc1ccc2c(c1)OCCO2. The summed E-state index contributed by atoms with van der Waals surface area (Å²) in [5.41, 5.74) is 1.14. The van der Waals surface area contributed by atoms with Gasteiger partial charge in [-0.25, -0.2) is 14.2 Å². The Morgan fingerprint density at radius 2 is 1.87 bits per heavy atom. The molecule has 3 aromatic rings. The van der Waals surface area contributed by atoms with Gasteiger partial charge in [-0.05, 0) is 43.3 Å². The van der Waals surface area contributed by atoms with Gasteiger partial charge in [-0.1, -0.05) is 0 Å². The molecule has 9 heteroatoms. The van der Waals surface area contributed by atoms with Gasteiger partial charge in [0.1, 0.15) is 19.0 Å². The first kappa shape index (κ1) is 19.4. The highest BCUT2D eigenvalue weighted by molar-refractivity contribution is 5.97. The van der Waals surface area contributed by atoms with Crippen LogP contribution in [0.5, 0.6) is 11.5 Å². The van der Waals surface area contributed by atoms with Crippen molar-refractivity contribution in [2.24, 2.45) is 0 Å². The van der Waals surface area contributed by atoms with Crippen LogP contribution >= 0.6 is 0 Å². The number of halogens is 1. The predicted molar refractivity (Wildman–Crippen MR) is 104 cm³/mol. The number of fused-ring (bicyclic) bond motifs is 1. The minimum absolute atomic E-state index is 0.112. The number of benzene rings is 2. The van der Waals surface area contributed by atoms with Gasteiger partial charge in [0.2, 0.25) is 0 Å². The van der Waals surface area contributed by atoms with Crippen LogP contribution in [0.25, 0.3) is 5.69 Å². The van der Waals surface area contributed by atoms with Gasteiger partial charge in [0.25, 0.3) is 5.91 Å². The second kappa shape index (κ2) is 8.24. The molecule has 0 aliphatic carbocycles. The zero-order valence-electron chi connectivity index (χ0n) is 16.0. The lowest BCUT2D eigenvalue weighted by atomic mass is 10.2. The topological polar surface area (TPSA) is 91.7 Å². The van der Waals surface area contributed by atoms with Gasteiger partial charge >= 0.3 is 5.97 Å². The number of amides is 1. The molecule has 1 aliphatic heterocycles. The van der Waals surface area contributed by atoms with E-state index in [9.17, 15) is 14.0 Å². The van der Waals surface area contributed by atoms with Crippen LogP contribution in [0.2, 0.25) is 0 Å². The molecule has 154 valence electrons. The van der Waals surface area contributed by atoms with Crippen LogP contribution in [-0.4, -0.2) is 40.7 Å². The van der Waals surface area contributed by atoms with Crippen LogP contribution in [-0.2, 0) is 9.53 Å². The summed E-state index contributed by atoms with van der Waals surface area (Å²) in [4.78, 5) is 29.0. The molecule has 1 atom stereocenters. The molecule has 1 amide bonds.